The molecule has 1 rings (SSSR count). The first-order chi connectivity index (χ1) is 4.93. The predicted octanol–water partition coefficient (Wildman–Crippen LogP) is 2.82. The van der Waals surface area contributed by atoms with E-state index in [0.717, 1.165) is 6.42 Å². The summed E-state index contributed by atoms with van der Waals surface area (Å²) in [5, 5.41) is 0. The van der Waals surface area contributed by atoms with Gasteiger partial charge in [-0.05, 0) is 24.6 Å². The van der Waals surface area contributed by atoms with E-state index in [1.807, 2.05) is 7.05 Å². The van der Waals surface area contributed by atoms with E-state index in [9.17, 15) is 0 Å². The summed E-state index contributed by atoms with van der Waals surface area (Å²) < 4.78 is 0. The molecular weight excluding hydrogens is 158 g/mol. The molecule has 11 heavy (non-hydrogen) atoms. The number of halogens is 1. The van der Waals surface area contributed by atoms with Crippen LogP contribution in [-0.2, 0) is 0 Å². The first-order valence-corrected chi connectivity index (χ1v) is 4.44. The van der Waals surface area contributed by atoms with E-state index in [1.165, 1.54) is 5.57 Å². The molecule has 1 nitrogen and oxygen atoms in total. The number of hydrogen-bond acceptors (Lipinski definition) is 1. The third-order valence-corrected chi connectivity index (χ3v) is 2.76. The number of nitrogens with zero attached hydrogens (tertiary/aromatic N) is 1. The smallest absolute Gasteiger partial charge is 0.115 e. The summed E-state index contributed by atoms with van der Waals surface area (Å²) in [6.07, 6.45) is 3.15. The van der Waals surface area contributed by atoms with Crippen molar-refractivity contribution >= 4 is 11.6 Å². The van der Waals surface area contributed by atoms with E-state index < -0.39 is 0 Å². The summed E-state index contributed by atoms with van der Waals surface area (Å²) in [4.78, 5) is 1.91. The van der Waals surface area contributed by atoms with Crippen LogP contribution in [0.2, 0.25) is 0 Å². The first kappa shape index (κ1) is 8.92. The zero-order chi connectivity index (χ0) is 8.65. The van der Waals surface area contributed by atoms with Gasteiger partial charge in [-0.3, -0.25) is 0 Å². The lowest BCUT2D eigenvalue weighted by Crippen LogP contribution is -2.29. The summed E-state index contributed by atoms with van der Waals surface area (Å²) in [7, 11) is 2.03. The average Bonchev–Trinajstić information content (AvgIpc) is 2.08. The summed E-state index contributed by atoms with van der Waals surface area (Å²) in [6, 6.07) is 0. The molecule has 0 N–H and O–H groups in total. The van der Waals surface area contributed by atoms with Gasteiger partial charge in [0.15, 0.2) is 0 Å². The molecule has 1 atom stereocenters. The van der Waals surface area contributed by atoms with Crippen molar-refractivity contribution in [3.63, 3.8) is 0 Å². The Hall–Kier alpha value is -0.170. The van der Waals surface area contributed by atoms with E-state index in [1.54, 1.807) is 0 Å². The Morgan fingerprint density at radius 1 is 1.64 bits per heavy atom. The van der Waals surface area contributed by atoms with Gasteiger partial charge in [-0.1, -0.05) is 25.4 Å². The quantitative estimate of drug-likeness (QED) is 0.436. The standard InChI is InChI=1S/C9H16ClN/c1-7(2)8-5-9(3,10)11(4)6-8/h6-7H,5H2,1-4H3. The van der Waals surface area contributed by atoms with Gasteiger partial charge in [-0.25, -0.2) is 0 Å². The van der Waals surface area contributed by atoms with Gasteiger partial charge in [0.2, 0.25) is 0 Å². The fraction of sp³-hybridized carbons (Fsp3) is 0.778. The van der Waals surface area contributed by atoms with Crippen LogP contribution >= 0.6 is 11.6 Å². The molecule has 0 saturated carbocycles. The van der Waals surface area contributed by atoms with Crippen molar-refractivity contribution in [2.24, 2.45) is 5.92 Å². The van der Waals surface area contributed by atoms with Crippen LogP contribution < -0.4 is 0 Å². The fourth-order valence-corrected chi connectivity index (χ4v) is 1.48. The minimum Gasteiger partial charge on any atom is -0.362 e. The third-order valence-electron chi connectivity index (χ3n) is 2.36. The molecule has 0 amide bonds. The molecule has 1 heterocycles. The molecule has 0 aromatic rings. The molecule has 0 saturated heterocycles. The van der Waals surface area contributed by atoms with Gasteiger partial charge in [0.1, 0.15) is 5.00 Å². The molecule has 1 unspecified atom stereocenters. The SMILES string of the molecule is CC(C)C1=CN(C)C(C)(Cl)C1. The Labute approximate surface area is 74.0 Å². The Bertz CT molecular complexity index is 182. The van der Waals surface area contributed by atoms with Crippen LogP contribution in [0.15, 0.2) is 11.8 Å². The summed E-state index contributed by atoms with van der Waals surface area (Å²) in [6.45, 7) is 6.47. The Kier molecular flexibility index (Phi) is 2.19. The second kappa shape index (κ2) is 2.71. The van der Waals surface area contributed by atoms with Gasteiger partial charge in [0.25, 0.3) is 0 Å². The van der Waals surface area contributed by atoms with Crippen LogP contribution in [0.3, 0.4) is 0 Å². The maximum absolute atomic E-state index is 6.23. The van der Waals surface area contributed by atoms with Gasteiger partial charge in [-0.15, -0.1) is 0 Å². The highest BCUT2D eigenvalue weighted by molar-refractivity contribution is 6.23. The van der Waals surface area contributed by atoms with Crippen LogP contribution in [0.4, 0.5) is 0 Å². The third kappa shape index (κ3) is 1.70. The van der Waals surface area contributed by atoms with Crippen LogP contribution in [-0.4, -0.2) is 16.9 Å². The Morgan fingerprint density at radius 3 is 2.36 bits per heavy atom. The lowest BCUT2D eigenvalue weighted by molar-refractivity contribution is 0.332. The zero-order valence-corrected chi connectivity index (χ0v) is 8.44. The predicted molar refractivity (Wildman–Crippen MR) is 49.6 cm³/mol. The Morgan fingerprint density at radius 2 is 2.18 bits per heavy atom. The summed E-state index contributed by atoms with van der Waals surface area (Å²) >= 11 is 6.23. The van der Waals surface area contributed by atoms with Gasteiger partial charge >= 0.3 is 0 Å². The van der Waals surface area contributed by atoms with Gasteiger partial charge in [0.05, 0.1) is 0 Å². The monoisotopic (exact) mass is 173 g/mol. The largest absolute Gasteiger partial charge is 0.362 e. The summed E-state index contributed by atoms with van der Waals surface area (Å²) in [5.41, 5.74) is 1.45. The van der Waals surface area contributed by atoms with Crippen LogP contribution in [0.5, 0.6) is 0 Å². The second-order valence-corrected chi connectivity index (χ2v) is 4.60. The minimum absolute atomic E-state index is 0.181. The highest BCUT2D eigenvalue weighted by Crippen LogP contribution is 2.36. The molecule has 0 radical (unpaired) electrons. The molecule has 1 aliphatic heterocycles. The average molecular weight is 174 g/mol. The molecule has 0 aromatic carbocycles. The van der Waals surface area contributed by atoms with E-state index >= 15 is 0 Å². The van der Waals surface area contributed by atoms with Crippen molar-refractivity contribution in [3.8, 4) is 0 Å². The first-order valence-electron chi connectivity index (χ1n) is 4.06. The second-order valence-electron chi connectivity index (χ2n) is 3.79. The number of rotatable bonds is 1. The van der Waals surface area contributed by atoms with E-state index in [-0.39, 0.29) is 5.00 Å². The molecule has 0 spiro atoms. The maximum atomic E-state index is 6.23. The lowest BCUT2D eigenvalue weighted by Gasteiger charge is -2.25. The molecular formula is C9H16ClN. The van der Waals surface area contributed by atoms with Crippen molar-refractivity contribution in [1.82, 2.24) is 4.90 Å². The number of alkyl halides is 1. The van der Waals surface area contributed by atoms with E-state index in [4.69, 9.17) is 11.6 Å². The van der Waals surface area contributed by atoms with Crippen molar-refractivity contribution in [3.05, 3.63) is 11.8 Å². The maximum Gasteiger partial charge on any atom is 0.115 e. The van der Waals surface area contributed by atoms with Crippen molar-refractivity contribution in [1.29, 1.82) is 0 Å². The van der Waals surface area contributed by atoms with Gasteiger partial charge in [0, 0.05) is 13.5 Å². The van der Waals surface area contributed by atoms with Gasteiger partial charge < -0.3 is 4.90 Å². The fourth-order valence-electron chi connectivity index (χ4n) is 1.28. The number of hydrogen-bond donors (Lipinski definition) is 0. The Balaban J connectivity index is 2.71. The van der Waals surface area contributed by atoms with Crippen molar-refractivity contribution < 1.29 is 0 Å². The highest BCUT2D eigenvalue weighted by Gasteiger charge is 2.32. The van der Waals surface area contributed by atoms with E-state index in [2.05, 4.69) is 31.9 Å². The molecule has 0 bridgehead atoms. The normalized spacial score (nSPS) is 31.5. The van der Waals surface area contributed by atoms with Crippen LogP contribution in [0.1, 0.15) is 27.2 Å². The molecule has 1 aliphatic rings. The molecule has 2 heteroatoms. The van der Waals surface area contributed by atoms with Gasteiger partial charge in [-0.2, -0.15) is 0 Å². The minimum atomic E-state index is -0.181. The van der Waals surface area contributed by atoms with E-state index in [0.29, 0.717) is 5.92 Å². The molecule has 0 aromatic heterocycles. The van der Waals surface area contributed by atoms with Crippen LogP contribution in [0, 0.1) is 5.92 Å². The molecule has 64 valence electrons. The highest BCUT2D eigenvalue weighted by atomic mass is 35.5. The summed E-state index contributed by atoms with van der Waals surface area (Å²) in [5.74, 6) is 0.623. The van der Waals surface area contributed by atoms with Crippen molar-refractivity contribution in [2.45, 2.75) is 32.2 Å². The lowest BCUT2D eigenvalue weighted by atomic mass is 10.0. The zero-order valence-electron chi connectivity index (χ0n) is 7.69. The van der Waals surface area contributed by atoms with Crippen LogP contribution in [0.25, 0.3) is 0 Å². The molecule has 0 aliphatic carbocycles. The molecule has 0 fully saturated rings. The van der Waals surface area contributed by atoms with Crippen molar-refractivity contribution in [2.75, 3.05) is 7.05 Å². The topological polar surface area (TPSA) is 3.24 Å².